The van der Waals surface area contributed by atoms with Gasteiger partial charge in [0.05, 0.1) is 23.8 Å². The van der Waals surface area contributed by atoms with E-state index in [2.05, 4.69) is 21.1 Å². The highest BCUT2D eigenvalue weighted by molar-refractivity contribution is 9.10. The molecule has 128 valence electrons. The summed E-state index contributed by atoms with van der Waals surface area (Å²) in [6.45, 7) is 2.42. The zero-order valence-corrected chi connectivity index (χ0v) is 15.4. The van der Waals surface area contributed by atoms with E-state index in [9.17, 15) is 4.79 Å². The molecule has 0 amide bonds. The molecule has 3 rings (SSSR count). The molecule has 1 aliphatic heterocycles. The highest BCUT2D eigenvalue weighted by Crippen LogP contribution is 2.37. The predicted molar refractivity (Wildman–Crippen MR) is 98.9 cm³/mol. The van der Waals surface area contributed by atoms with Gasteiger partial charge in [-0.1, -0.05) is 35.5 Å². The first kappa shape index (κ1) is 17.2. The Morgan fingerprint density at radius 2 is 2.00 bits per heavy atom. The largest absolute Gasteiger partial charge is 0.493 e. The van der Waals surface area contributed by atoms with Gasteiger partial charge < -0.3 is 14.3 Å². The smallest absolute Gasteiger partial charge is 0.368 e. The molecular formula is C19H16BrNO4. The number of halogens is 1. The van der Waals surface area contributed by atoms with Crippen molar-refractivity contribution in [2.75, 3.05) is 13.7 Å². The van der Waals surface area contributed by atoms with E-state index in [1.165, 1.54) is 0 Å². The summed E-state index contributed by atoms with van der Waals surface area (Å²) in [6, 6.07) is 13.1. The van der Waals surface area contributed by atoms with Gasteiger partial charge >= 0.3 is 5.97 Å². The highest BCUT2D eigenvalue weighted by atomic mass is 79.9. The number of hydrogen-bond donors (Lipinski definition) is 0. The van der Waals surface area contributed by atoms with Crippen molar-refractivity contribution < 1.29 is 19.1 Å². The van der Waals surface area contributed by atoms with E-state index in [1.54, 1.807) is 19.3 Å². The molecular weight excluding hydrogens is 386 g/mol. The van der Waals surface area contributed by atoms with Crippen LogP contribution in [0.2, 0.25) is 0 Å². The Hall–Kier alpha value is -2.60. The standard InChI is InChI=1S/C19H16BrNO4/c1-3-24-18-15(20)10-12(11-16(18)23-2)9-14-17(21-25-19(14)22)13-7-5-4-6-8-13/h4-11H,3H2,1-2H3. The Kier molecular flexibility index (Phi) is 5.19. The summed E-state index contributed by atoms with van der Waals surface area (Å²) >= 11 is 3.48. The van der Waals surface area contributed by atoms with Gasteiger partial charge in [0.2, 0.25) is 0 Å². The minimum absolute atomic E-state index is 0.393. The molecule has 0 spiro atoms. The molecule has 0 N–H and O–H groups in total. The Labute approximate surface area is 154 Å². The SMILES string of the molecule is CCOc1c(Br)cc(C=C2C(=O)ON=C2c2ccccc2)cc1OC. The number of methoxy groups -OCH3 is 1. The van der Waals surface area contributed by atoms with Crippen LogP contribution in [0.4, 0.5) is 0 Å². The number of oxime groups is 1. The van der Waals surface area contributed by atoms with E-state index < -0.39 is 5.97 Å². The van der Waals surface area contributed by atoms with Crippen molar-refractivity contribution in [2.45, 2.75) is 6.92 Å². The molecule has 1 aliphatic rings. The summed E-state index contributed by atoms with van der Waals surface area (Å²) in [5.41, 5.74) is 2.49. The fourth-order valence-electron chi connectivity index (χ4n) is 2.49. The molecule has 0 aromatic heterocycles. The Balaban J connectivity index is 2.03. The number of benzene rings is 2. The van der Waals surface area contributed by atoms with Crippen molar-refractivity contribution in [3.8, 4) is 11.5 Å². The van der Waals surface area contributed by atoms with Crippen molar-refractivity contribution >= 4 is 33.7 Å². The summed E-state index contributed by atoms with van der Waals surface area (Å²) < 4.78 is 11.7. The molecule has 0 aliphatic carbocycles. The van der Waals surface area contributed by atoms with Crippen molar-refractivity contribution in [1.29, 1.82) is 0 Å². The maximum absolute atomic E-state index is 12.1. The average molecular weight is 402 g/mol. The molecule has 1 heterocycles. The van der Waals surface area contributed by atoms with Gasteiger partial charge in [0, 0.05) is 5.56 Å². The first-order valence-corrected chi connectivity index (χ1v) is 8.50. The molecule has 0 saturated heterocycles. The van der Waals surface area contributed by atoms with Crippen LogP contribution in [0.1, 0.15) is 18.1 Å². The number of hydrogen-bond acceptors (Lipinski definition) is 5. The van der Waals surface area contributed by atoms with Crippen LogP contribution >= 0.6 is 15.9 Å². The van der Waals surface area contributed by atoms with Crippen molar-refractivity contribution in [1.82, 2.24) is 0 Å². The van der Waals surface area contributed by atoms with Gasteiger partial charge in [0.1, 0.15) is 5.71 Å². The van der Waals surface area contributed by atoms with Gasteiger partial charge in [-0.2, -0.15) is 0 Å². The number of rotatable bonds is 5. The molecule has 6 heteroatoms. The normalized spacial score (nSPS) is 15.1. The third-order valence-corrected chi connectivity index (χ3v) is 4.18. The van der Waals surface area contributed by atoms with Crippen LogP contribution in [-0.2, 0) is 9.63 Å². The number of nitrogens with zero attached hydrogens (tertiary/aromatic N) is 1. The lowest BCUT2D eigenvalue weighted by Crippen LogP contribution is -2.06. The van der Waals surface area contributed by atoms with E-state index in [0.29, 0.717) is 29.4 Å². The summed E-state index contributed by atoms with van der Waals surface area (Å²) in [5.74, 6) is 0.716. The summed E-state index contributed by atoms with van der Waals surface area (Å²) in [4.78, 5) is 17.0. The Morgan fingerprint density at radius 3 is 2.68 bits per heavy atom. The van der Waals surface area contributed by atoms with Gasteiger partial charge in [0.25, 0.3) is 0 Å². The first-order valence-electron chi connectivity index (χ1n) is 7.71. The minimum Gasteiger partial charge on any atom is -0.493 e. The summed E-state index contributed by atoms with van der Waals surface area (Å²) in [6.07, 6.45) is 1.73. The molecule has 25 heavy (non-hydrogen) atoms. The zero-order valence-electron chi connectivity index (χ0n) is 13.8. The van der Waals surface area contributed by atoms with Crippen molar-refractivity contribution in [3.63, 3.8) is 0 Å². The molecule has 5 nitrogen and oxygen atoms in total. The maximum Gasteiger partial charge on any atom is 0.368 e. The average Bonchev–Trinajstić information content (AvgIpc) is 2.98. The van der Waals surface area contributed by atoms with Crippen LogP contribution in [0.3, 0.4) is 0 Å². The lowest BCUT2D eigenvalue weighted by molar-refractivity contribution is -0.136. The topological polar surface area (TPSA) is 57.1 Å². The van der Waals surface area contributed by atoms with E-state index in [0.717, 1.165) is 15.6 Å². The second kappa shape index (κ2) is 7.53. The fourth-order valence-corrected chi connectivity index (χ4v) is 3.06. The van der Waals surface area contributed by atoms with Crippen LogP contribution in [0.25, 0.3) is 6.08 Å². The van der Waals surface area contributed by atoms with Gasteiger partial charge in [-0.05, 0) is 46.6 Å². The van der Waals surface area contributed by atoms with E-state index in [4.69, 9.17) is 14.3 Å². The molecule has 0 bridgehead atoms. The van der Waals surface area contributed by atoms with Crippen LogP contribution in [0, 0.1) is 0 Å². The van der Waals surface area contributed by atoms with Crippen LogP contribution in [0.15, 0.2) is 57.7 Å². The summed E-state index contributed by atoms with van der Waals surface area (Å²) in [7, 11) is 1.57. The molecule has 0 radical (unpaired) electrons. The van der Waals surface area contributed by atoms with Crippen molar-refractivity contribution in [2.24, 2.45) is 5.16 Å². The molecule has 0 atom stereocenters. The molecule has 2 aromatic rings. The third kappa shape index (κ3) is 3.58. The maximum atomic E-state index is 12.1. The number of carbonyl (C=O) groups excluding carboxylic acids is 1. The molecule has 0 unspecified atom stereocenters. The van der Waals surface area contributed by atoms with Crippen LogP contribution in [-0.4, -0.2) is 25.4 Å². The van der Waals surface area contributed by atoms with E-state index >= 15 is 0 Å². The lowest BCUT2D eigenvalue weighted by Gasteiger charge is -2.12. The second-order valence-electron chi connectivity index (χ2n) is 5.21. The first-order chi connectivity index (χ1) is 12.1. The van der Waals surface area contributed by atoms with Gasteiger partial charge in [-0.25, -0.2) is 4.79 Å². The number of ether oxygens (including phenoxy) is 2. The fraction of sp³-hybridized carbons (Fsp3) is 0.158. The zero-order chi connectivity index (χ0) is 17.8. The van der Waals surface area contributed by atoms with Crippen LogP contribution in [0.5, 0.6) is 11.5 Å². The number of carbonyl (C=O) groups is 1. The molecule has 0 saturated carbocycles. The second-order valence-corrected chi connectivity index (χ2v) is 6.06. The van der Waals surface area contributed by atoms with Gasteiger partial charge in [-0.15, -0.1) is 0 Å². The third-order valence-electron chi connectivity index (χ3n) is 3.59. The van der Waals surface area contributed by atoms with E-state index in [-0.39, 0.29) is 0 Å². The minimum atomic E-state index is -0.483. The Bertz CT molecular complexity index is 859. The van der Waals surface area contributed by atoms with E-state index in [1.807, 2.05) is 43.3 Å². The lowest BCUT2D eigenvalue weighted by atomic mass is 10.0. The Morgan fingerprint density at radius 1 is 1.24 bits per heavy atom. The summed E-state index contributed by atoms with van der Waals surface area (Å²) in [5, 5.41) is 3.91. The highest BCUT2D eigenvalue weighted by Gasteiger charge is 2.27. The predicted octanol–water partition coefficient (Wildman–Crippen LogP) is 4.20. The van der Waals surface area contributed by atoms with Gasteiger partial charge in [0.15, 0.2) is 11.5 Å². The molecule has 0 fully saturated rings. The van der Waals surface area contributed by atoms with Gasteiger partial charge in [-0.3, -0.25) is 0 Å². The van der Waals surface area contributed by atoms with Crippen molar-refractivity contribution in [3.05, 3.63) is 63.6 Å². The quantitative estimate of drug-likeness (QED) is 0.556. The monoisotopic (exact) mass is 401 g/mol. The molecule has 2 aromatic carbocycles. The van der Waals surface area contributed by atoms with Crippen LogP contribution < -0.4 is 9.47 Å².